The number of carbonyl (C=O) groups is 2. The number of amides is 1. The number of terminal acetylenes is 1. The summed E-state index contributed by atoms with van der Waals surface area (Å²) in [7, 11) is 3.34. The Balaban J connectivity index is 0.000000784. The second kappa shape index (κ2) is 14.3. The van der Waals surface area contributed by atoms with Crippen LogP contribution < -0.4 is 5.32 Å². The molecule has 1 aliphatic rings. The van der Waals surface area contributed by atoms with Crippen molar-refractivity contribution in [3.05, 3.63) is 77.9 Å². The van der Waals surface area contributed by atoms with E-state index in [0.29, 0.717) is 24.4 Å². The van der Waals surface area contributed by atoms with E-state index in [2.05, 4.69) is 42.1 Å². The summed E-state index contributed by atoms with van der Waals surface area (Å²) >= 11 is 0. The number of carbonyl (C=O) groups excluding carboxylic acids is 2. The van der Waals surface area contributed by atoms with E-state index in [1.54, 1.807) is 6.92 Å². The van der Waals surface area contributed by atoms with Crippen LogP contribution in [0.25, 0.3) is 5.57 Å². The van der Waals surface area contributed by atoms with E-state index >= 15 is 0 Å². The molecule has 1 saturated heterocycles. The van der Waals surface area contributed by atoms with Gasteiger partial charge in [0.2, 0.25) is 0 Å². The number of piperidine rings is 1. The van der Waals surface area contributed by atoms with Crippen molar-refractivity contribution < 1.29 is 14.3 Å². The quantitative estimate of drug-likeness (QED) is 0.425. The molecule has 1 unspecified atom stereocenters. The molecule has 1 fully saturated rings. The molecule has 3 rings (SSSR count). The fourth-order valence-corrected chi connectivity index (χ4v) is 4.11. The Morgan fingerprint density at radius 3 is 2.26 bits per heavy atom. The molecule has 0 radical (unpaired) electrons. The van der Waals surface area contributed by atoms with E-state index < -0.39 is 5.60 Å². The first-order valence-corrected chi connectivity index (χ1v) is 12.1. The largest absolute Gasteiger partial charge is 0.371 e. The van der Waals surface area contributed by atoms with Crippen LogP contribution >= 0.6 is 0 Å². The van der Waals surface area contributed by atoms with Crippen molar-refractivity contribution in [1.82, 2.24) is 10.2 Å². The van der Waals surface area contributed by atoms with Crippen LogP contribution in [0.4, 0.5) is 0 Å². The van der Waals surface area contributed by atoms with Gasteiger partial charge in [-0.05, 0) is 68.0 Å². The Kier molecular flexibility index (Phi) is 11.4. The fourth-order valence-electron chi connectivity index (χ4n) is 4.11. The van der Waals surface area contributed by atoms with Gasteiger partial charge in [0.25, 0.3) is 5.91 Å². The van der Waals surface area contributed by atoms with Gasteiger partial charge in [-0.2, -0.15) is 0 Å². The van der Waals surface area contributed by atoms with Gasteiger partial charge in [-0.25, -0.2) is 0 Å². The van der Waals surface area contributed by atoms with Gasteiger partial charge in [-0.3, -0.25) is 4.79 Å². The molecule has 1 heterocycles. The first-order chi connectivity index (χ1) is 16.9. The van der Waals surface area contributed by atoms with Crippen molar-refractivity contribution in [1.29, 1.82) is 0 Å². The number of likely N-dealkylation sites (tertiary alicyclic amines) is 1. The Morgan fingerprint density at radius 1 is 1.17 bits per heavy atom. The summed E-state index contributed by atoms with van der Waals surface area (Å²) in [5.41, 5.74) is 2.91. The molecular weight excluding hydrogens is 436 g/mol. The van der Waals surface area contributed by atoms with Crippen molar-refractivity contribution in [3.63, 3.8) is 0 Å². The van der Waals surface area contributed by atoms with Gasteiger partial charge in [-0.15, -0.1) is 6.42 Å². The third kappa shape index (κ3) is 8.83. The maximum Gasteiger partial charge on any atom is 0.253 e. The van der Waals surface area contributed by atoms with Gasteiger partial charge in [0.15, 0.2) is 6.29 Å². The summed E-state index contributed by atoms with van der Waals surface area (Å²) in [5, 5.41) is 2.78. The maximum atomic E-state index is 12.9. The van der Waals surface area contributed by atoms with Crippen LogP contribution in [0.5, 0.6) is 0 Å². The number of nitrogens with zero attached hydrogens (tertiary/aromatic N) is 1. The topological polar surface area (TPSA) is 58.6 Å². The maximum absolute atomic E-state index is 12.9. The Bertz CT molecular complexity index is 987. The van der Waals surface area contributed by atoms with Gasteiger partial charge >= 0.3 is 0 Å². The highest BCUT2D eigenvalue weighted by Crippen LogP contribution is 2.26. The van der Waals surface area contributed by atoms with E-state index in [1.165, 1.54) is 12.7 Å². The lowest BCUT2D eigenvalue weighted by molar-refractivity contribution is -0.125. The SMILES string of the molecule is C#CCNC.C=C(CC(C)(C=O)OC)c1ccc(C(=O)N2CCC(Cc3ccccc3)CC2)cc1. The molecule has 5 nitrogen and oxygen atoms in total. The lowest BCUT2D eigenvalue weighted by atomic mass is 9.90. The average Bonchev–Trinajstić information content (AvgIpc) is 2.90. The summed E-state index contributed by atoms with van der Waals surface area (Å²) in [4.78, 5) is 26.1. The number of hydrogen-bond acceptors (Lipinski definition) is 4. The monoisotopic (exact) mass is 474 g/mol. The third-order valence-electron chi connectivity index (χ3n) is 6.37. The first-order valence-electron chi connectivity index (χ1n) is 12.1. The minimum absolute atomic E-state index is 0.0833. The van der Waals surface area contributed by atoms with Crippen molar-refractivity contribution in [2.24, 2.45) is 5.92 Å². The Morgan fingerprint density at radius 2 is 1.77 bits per heavy atom. The molecule has 35 heavy (non-hydrogen) atoms. The summed E-state index contributed by atoms with van der Waals surface area (Å²) in [5.74, 6) is 3.12. The van der Waals surface area contributed by atoms with E-state index in [4.69, 9.17) is 11.2 Å². The van der Waals surface area contributed by atoms with Crippen molar-refractivity contribution in [2.45, 2.75) is 38.2 Å². The van der Waals surface area contributed by atoms with E-state index in [1.807, 2.05) is 42.3 Å². The van der Waals surface area contributed by atoms with Gasteiger partial charge in [-0.1, -0.05) is 55.0 Å². The molecule has 2 aromatic carbocycles. The molecule has 0 aromatic heterocycles. The highest BCUT2D eigenvalue weighted by atomic mass is 16.5. The van der Waals surface area contributed by atoms with Crippen LogP contribution in [0.2, 0.25) is 0 Å². The van der Waals surface area contributed by atoms with Gasteiger partial charge < -0.3 is 19.7 Å². The zero-order valence-electron chi connectivity index (χ0n) is 21.3. The zero-order valence-corrected chi connectivity index (χ0v) is 21.3. The molecule has 0 saturated carbocycles. The normalized spacial score (nSPS) is 15.2. The van der Waals surface area contributed by atoms with Crippen molar-refractivity contribution >= 4 is 17.8 Å². The molecule has 0 bridgehead atoms. The lowest BCUT2D eigenvalue weighted by Gasteiger charge is -2.32. The number of ether oxygens (including phenoxy) is 1. The Hall–Kier alpha value is -3.20. The minimum atomic E-state index is -0.879. The molecule has 0 spiro atoms. The van der Waals surface area contributed by atoms with Gasteiger partial charge in [0.05, 0.1) is 6.54 Å². The van der Waals surface area contributed by atoms with Crippen LogP contribution in [-0.4, -0.2) is 56.5 Å². The van der Waals surface area contributed by atoms with Gasteiger partial charge in [0.1, 0.15) is 5.60 Å². The molecule has 186 valence electrons. The van der Waals surface area contributed by atoms with E-state index in [9.17, 15) is 9.59 Å². The van der Waals surface area contributed by atoms with Crippen LogP contribution in [0.3, 0.4) is 0 Å². The predicted octanol–water partition coefficient (Wildman–Crippen LogP) is 4.63. The molecular formula is C30H38N2O3. The molecule has 1 atom stereocenters. The van der Waals surface area contributed by atoms with E-state index in [-0.39, 0.29) is 5.91 Å². The number of benzene rings is 2. The van der Waals surface area contributed by atoms with Crippen molar-refractivity contribution in [3.8, 4) is 12.3 Å². The first kappa shape index (κ1) is 28.0. The average molecular weight is 475 g/mol. The van der Waals surface area contributed by atoms with Crippen LogP contribution in [0.1, 0.15) is 47.7 Å². The van der Waals surface area contributed by atoms with E-state index in [0.717, 1.165) is 49.8 Å². The van der Waals surface area contributed by atoms with Crippen LogP contribution in [0, 0.1) is 18.3 Å². The lowest BCUT2D eigenvalue weighted by Crippen LogP contribution is -2.38. The second-order valence-corrected chi connectivity index (χ2v) is 9.15. The molecule has 0 aliphatic carbocycles. The minimum Gasteiger partial charge on any atom is -0.371 e. The molecule has 1 N–H and O–H groups in total. The number of rotatable bonds is 9. The molecule has 2 aromatic rings. The summed E-state index contributed by atoms with van der Waals surface area (Å²) < 4.78 is 5.28. The summed E-state index contributed by atoms with van der Waals surface area (Å²) in [6.07, 6.45) is 9.20. The molecule has 1 amide bonds. The van der Waals surface area contributed by atoms with Crippen LogP contribution in [-0.2, 0) is 16.0 Å². The predicted molar refractivity (Wildman–Crippen MR) is 143 cm³/mol. The summed E-state index contributed by atoms with van der Waals surface area (Å²) in [6, 6.07) is 18.1. The highest BCUT2D eigenvalue weighted by molar-refractivity contribution is 5.94. The van der Waals surface area contributed by atoms with Gasteiger partial charge in [0, 0.05) is 32.2 Å². The Labute approximate surface area is 210 Å². The number of nitrogens with one attached hydrogen (secondary N) is 1. The molecule has 5 heteroatoms. The number of aldehydes is 1. The zero-order chi connectivity index (χ0) is 25.7. The number of methoxy groups -OCH3 is 1. The van der Waals surface area contributed by atoms with Crippen molar-refractivity contribution in [2.75, 3.05) is 33.8 Å². The smallest absolute Gasteiger partial charge is 0.253 e. The summed E-state index contributed by atoms with van der Waals surface area (Å²) in [6.45, 7) is 8.09. The standard InChI is InChI=1S/C26H31NO3.C4H7N/c1-20(18-26(2,19-28)30-3)23-9-11-24(12-10-23)25(29)27-15-13-22(14-16-27)17-21-7-5-4-6-8-21;1-3-4-5-2/h4-12,19,22H,1,13-18H2,2-3H3;1,5H,4H2,2H3. The van der Waals surface area contributed by atoms with Crippen LogP contribution in [0.15, 0.2) is 61.2 Å². The molecule has 1 aliphatic heterocycles. The second-order valence-electron chi connectivity index (χ2n) is 9.15. The number of hydrogen-bond donors (Lipinski definition) is 1. The highest BCUT2D eigenvalue weighted by Gasteiger charge is 2.25. The third-order valence-corrected chi connectivity index (χ3v) is 6.37. The fraction of sp³-hybridized carbons (Fsp3) is 0.400.